The molecule has 5 nitrogen and oxygen atoms in total. The predicted octanol–water partition coefficient (Wildman–Crippen LogP) is 4.81. The number of hydrogen-bond donors (Lipinski definition) is 2. The number of carbonyl (C=O) groups excluding carboxylic acids is 2. The van der Waals surface area contributed by atoms with Gasteiger partial charge in [0.2, 0.25) is 11.8 Å². The van der Waals surface area contributed by atoms with Crippen molar-refractivity contribution < 1.29 is 9.59 Å². The standard InChI is InChI=1S/C30H43N3O2/c1-23-9-8-12-26(21-23)22-30(33(3)4)19-17-27(18-20-30)32-29(35)16-15-28(34)31-24(2)13-14-25-10-6-5-7-11-25/h5-12,21,24,27H,13-20,22H2,1-4H3,(H,31,34)(H,32,35). The van der Waals surface area contributed by atoms with E-state index in [-0.39, 0.29) is 42.3 Å². The Morgan fingerprint density at radius 1 is 0.971 bits per heavy atom. The molecule has 35 heavy (non-hydrogen) atoms. The molecular formula is C30H43N3O2. The minimum atomic E-state index is -0.0471. The Labute approximate surface area is 211 Å². The molecule has 0 radical (unpaired) electrons. The number of benzene rings is 2. The van der Waals surface area contributed by atoms with Crippen LogP contribution in [0.25, 0.3) is 0 Å². The van der Waals surface area contributed by atoms with E-state index in [0.717, 1.165) is 44.9 Å². The number of rotatable bonds is 11. The molecule has 0 saturated heterocycles. The molecule has 2 aromatic carbocycles. The van der Waals surface area contributed by atoms with Crippen LogP contribution in [0.3, 0.4) is 0 Å². The number of aryl methyl sites for hydroxylation is 2. The Bertz CT molecular complexity index is 949. The second kappa shape index (κ2) is 12.9. The van der Waals surface area contributed by atoms with Crippen molar-refractivity contribution in [3.05, 3.63) is 71.3 Å². The highest BCUT2D eigenvalue weighted by Crippen LogP contribution is 2.35. The maximum Gasteiger partial charge on any atom is 0.220 e. The number of nitrogens with one attached hydrogen (secondary N) is 2. The molecule has 0 heterocycles. The summed E-state index contributed by atoms with van der Waals surface area (Å²) >= 11 is 0. The van der Waals surface area contributed by atoms with Gasteiger partial charge in [-0.15, -0.1) is 0 Å². The molecule has 1 unspecified atom stereocenters. The topological polar surface area (TPSA) is 61.4 Å². The van der Waals surface area contributed by atoms with Crippen LogP contribution in [0.4, 0.5) is 0 Å². The minimum Gasteiger partial charge on any atom is -0.354 e. The van der Waals surface area contributed by atoms with E-state index in [1.165, 1.54) is 16.7 Å². The van der Waals surface area contributed by atoms with Gasteiger partial charge in [0.1, 0.15) is 0 Å². The van der Waals surface area contributed by atoms with Crippen LogP contribution in [0.5, 0.6) is 0 Å². The van der Waals surface area contributed by atoms with Crippen molar-refractivity contribution in [1.82, 2.24) is 15.5 Å². The molecule has 1 aliphatic rings. The van der Waals surface area contributed by atoms with Gasteiger partial charge in [-0.05, 0) is 84.0 Å². The Balaban J connectivity index is 1.37. The van der Waals surface area contributed by atoms with Gasteiger partial charge < -0.3 is 15.5 Å². The van der Waals surface area contributed by atoms with Gasteiger partial charge in [-0.1, -0.05) is 60.2 Å². The van der Waals surface area contributed by atoms with E-state index in [4.69, 9.17) is 0 Å². The molecule has 1 atom stereocenters. The highest BCUT2D eigenvalue weighted by Gasteiger charge is 2.37. The molecule has 5 heteroatoms. The number of carbonyl (C=O) groups is 2. The van der Waals surface area contributed by atoms with Crippen LogP contribution in [0.1, 0.15) is 68.6 Å². The zero-order chi connectivity index (χ0) is 25.3. The lowest BCUT2D eigenvalue weighted by Crippen LogP contribution is -2.52. The molecular weight excluding hydrogens is 434 g/mol. The van der Waals surface area contributed by atoms with Gasteiger partial charge >= 0.3 is 0 Å². The monoisotopic (exact) mass is 477 g/mol. The average molecular weight is 478 g/mol. The van der Waals surface area contributed by atoms with Crippen LogP contribution in [-0.4, -0.2) is 48.4 Å². The van der Waals surface area contributed by atoms with E-state index < -0.39 is 0 Å². The summed E-state index contributed by atoms with van der Waals surface area (Å²) in [5, 5.41) is 6.22. The first kappa shape index (κ1) is 26.9. The van der Waals surface area contributed by atoms with Crippen LogP contribution >= 0.6 is 0 Å². The average Bonchev–Trinajstić information content (AvgIpc) is 2.83. The second-order valence-corrected chi connectivity index (χ2v) is 10.6. The molecule has 2 aromatic rings. The summed E-state index contributed by atoms with van der Waals surface area (Å²) in [6.45, 7) is 4.17. The molecule has 0 bridgehead atoms. The highest BCUT2D eigenvalue weighted by atomic mass is 16.2. The maximum atomic E-state index is 12.5. The van der Waals surface area contributed by atoms with E-state index in [1.807, 2.05) is 25.1 Å². The zero-order valence-electron chi connectivity index (χ0n) is 22.0. The van der Waals surface area contributed by atoms with Crippen LogP contribution in [-0.2, 0) is 22.4 Å². The molecule has 0 aliphatic heterocycles. The lowest BCUT2D eigenvalue weighted by molar-refractivity contribution is -0.127. The normalized spacial score (nSPS) is 20.9. The fraction of sp³-hybridized carbons (Fsp3) is 0.533. The molecule has 1 fully saturated rings. The maximum absolute atomic E-state index is 12.5. The zero-order valence-corrected chi connectivity index (χ0v) is 22.0. The predicted molar refractivity (Wildman–Crippen MR) is 143 cm³/mol. The number of likely N-dealkylation sites (N-methyl/N-ethyl adjacent to an activating group) is 1. The first-order valence-corrected chi connectivity index (χ1v) is 13.1. The SMILES string of the molecule is Cc1cccc(CC2(N(C)C)CCC(NC(=O)CCC(=O)NC(C)CCc3ccccc3)CC2)c1. The largest absolute Gasteiger partial charge is 0.354 e. The van der Waals surface area contributed by atoms with Crippen LogP contribution < -0.4 is 10.6 Å². The Hall–Kier alpha value is -2.66. The van der Waals surface area contributed by atoms with Crippen LogP contribution in [0.15, 0.2) is 54.6 Å². The summed E-state index contributed by atoms with van der Waals surface area (Å²) in [5.41, 5.74) is 4.08. The van der Waals surface area contributed by atoms with Crippen molar-refractivity contribution in [2.24, 2.45) is 0 Å². The summed E-state index contributed by atoms with van der Waals surface area (Å²) in [7, 11) is 4.35. The van der Waals surface area contributed by atoms with E-state index in [0.29, 0.717) is 0 Å². The Kier molecular flexibility index (Phi) is 9.91. The van der Waals surface area contributed by atoms with E-state index in [1.54, 1.807) is 0 Å². The number of hydrogen-bond acceptors (Lipinski definition) is 3. The van der Waals surface area contributed by atoms with Gasteiger partial charge in [0.15, 0.2) is 0 Å². The van der Waals surface area contributed by atoms with Crippen molar-refractivity contribution in [3.63, 3.8) is 0 Å². The highest BCUT2D eigenvalue weighted by molar-refractivity contribution is 5.83. The van der Waals surface area contributed by atoms with Gasteiger partial charge in [0.25, 0.3) is 0 Å². The molecule has 0 aromatic heterocycles. The van der Waals surface area contributed by atoms with Gasteiger partial charge in [0, 0.05) is 30.5 Å². The minimum absolute atomic E-state index is 0.0156. The summed E-state index contributed by atoms with van der Waals surface area (Å²) in [4.78, 5) is 27.2. The first-order valence-electron chi connectivity index (χ1n) is 13.1. The van der Waals surface area contributed by atoms with Crippen molar-refractivity contribution in [1.29, 1.82) is 0 Å². The summed E-state index contributed by atoms with van der Waals surface area (Å²) < 4.78 is 0. The van der Waals surface area contributed by atoms with Gasteiger partial charge in [-0.2, -0.15) is 0 Å². The number of amides is 2. The third-order valence-corrected chi connectivity index (χ3v) is 7.54. The fourth-order valence-corrected chi connectivity index (χ4v) is 5.26. The van der Waals surface area contributed by atoms with Crippen molar-refractivity contribution >= 4 is 11.8 Å². The molecule has 0 spiro atoms. The second-order valence-electron chi connectivity index (χ2n) is 10.6. The summed E-state index contributed by atoms with van der Waals surface area (Å²) in [6, 6.07) is 19.4. The molecule has 1 aliphatic carbocycles. The summed E-state index contributed by atoms with van der Waals surface area (Å²) in [6.07, 6.45) is 7.39. The lowest BCUT2D eigenvalue weighted by Gasteiger charge is -2.45. The quantitative estimate of drug-likeness (QED) is 0.488. The van der Waals surface area contributed by atoms with Crippen LogP contribution in [0.2, 0.25) is 0 Å². The molecule has 190 valence electrons. The van der Waals surface area contributed by atoms with Gasteiger partial charge in [0.05, 0.1) is 0 Å². The third-order valence-electron chi connectivity index (χ3n) is 7.54. The Morgan fingerprint density at radius 2 is 1.63 bits per heavy atom. The van der Waals surface area contributed by atoms with E-state index in [2.05, 4.69) is 73.0 Å². The van der Waals surface area contributed by atoms with E-state index in [9.17, 15) is 9.59 Å². The fourth-order valence-electron chi connectivity index (χ4n) is 5.26. The summed E-state index contributed by atoms with van der Waals surface area (Å²) in [5.74, 6) is -0.0627. The van der Waals surface area contributed by atoms with E-state index >= 15 is 0 Å². The van der Waals surface area contributed by atoms with Crippen molar-refractivity contribution in [3.8, 4) is 0 Å². The Morgan fingerprint density at radius 3 is 2.29 bits per heavy atom. The number of nitrogens with zero attached hydrogens (tertiary/aromatic N) is 1. The molecule has 2 amide bonds. The molecule has 1 saturated carbocycles. The van der Waals surface area contributed by atoms with Gasteiger partial charge in [-0.3, -0.25) is 9.59 Å². The third kappa shape index (κ3) is 8.50. The molecule has 2 N–H and O–H groups in total. The first-order chi connectivity index (χ1) is 16.8. The van der Waals surface area contributed by atoms with Gasteiger partial charge in [-0.25, -0.2) is 0 Å². The van der Waals surface area contributed by atoms with Crippen molar-refractivity contribution in [2.45, 2.75) is 89.3 Å². The lowest BCUT2D eigenvalue weighted by atomic mass is 9.74. The van der Waals surface area contributed by atoms with Crippen LogP contribution in [0, 0.1) is 6.92 Å². The van der Waals surface area contributed by atoms with Crippen molar-refractivity contribution in [2.75, 3.05) is 14.1 Å². The molecule has 3 rings (SSSR count). The smallest absolute Gasteiger partial charge is 0.220 e.